The molecule has 3 rings (SSSR count). The van der Waals surface area contributed by atoms with E-state index in [1.54, 1.807) is 21.1 Å². The smallest absolute Gasteiger partial charge is 0.246 e. The SMILES string of the molecule is CCC(CC)C(=O)N1CC[C@@]2(C1)CN(c1ccsc1)C(=O)CN2C(C)=O. The number of hydrogen-bond donors (Lipinski definition) is 0. The molecular weight excluding hydrogens is 350 g/mol. The lowest BCUT2D eigenvalue weighted by atomic mass is 9.91. The zero-order valence-electron chi connectivity index (χ0n) is 15.7. The van der Waals surface area contributed by atoms with Crippen LogP contribution in [0.3, 0.4) is 0 Å². The van der Waals surface area contributed by atoms with Gasteiger partial charge in [0.1, 0.15) is 6.54 Å². The molecule has 0 aromatic carbocycles. The third kappa shape index (κ3) is 3.24. The molecule has 0 bridgehead atoms. The van der Waals surface area contributed by atoms with Crippen LogP contribution in [0.1, 0.15) is 40.0 Å². The van der Waals surface area contributed by atoms with Gasteiger partial charge < -0.3 is 14.7 Å². The first-order chi connectivity index (χ1) is 12.4. The van der Waals surface area contributed by atoms with Crippen molar-refractivity contribution in [2.45, 2.75) is 45.6 Å². The Hall–Kier alpha value is -1.89. The molecule has 142 valence electrons. The first-order valence-corrected chi connectivity index (χ1v) is 10.3. The molecular formula is C19H27N3O3S. The molecule has 2 aliphatic rings. The highest BCUT2D eigenvalue weighted by Gasteiger charge is 2.51. The van der Waals surface area contributed by atoms with Crippen LogP contribution < -0.4 is 4.90 Å². The van der Waals surface area contributed by atoms with Crippen LogP contribution in [-0.2, 0) is 14.4 Å². The minimum absolute atomic E-state index is 0.0362. The van der Waals surface area contributed by atoms with Gasteiger partial charge in [0, 0.05) is 31.3 Å². The van der Waals surface area contributed by atoms with Gasteiger partial charge in [-0.2, -0.15) is 11.3 Å². The number of carbonyl (C=O) groups is 3. The number of carbonyl (C=O) groups excluding carboxylic acids is 3. The summed E-state index contributed by atoms with van der Waals surface area (Å²) in [6.45, 7) is 7.28. The number of anilines is 1. The summed E-state index contributed by atoms with van der Waals surface area (Å²) in [5.74, 6) is 0.0534. The zero-order chi connectivity index (χ0) is 18.9. The molecule has 2 saturated heterocycles. The predicted molar refractivity (Wildman–Crippen MR) is 102 cm³/mol. The van der Waals surface area contributed by atoms with E-state index in [9.17, 15) is 14.4 Å². The third-order valence-corrected chi connectivity index (χ3v) is 6.47. The van der Waals surface area contributed by atoms with Crippen molar-refractivity contribution >= 4 is 34.7 Å². The number of hydrogen-bond acceptors (Lipinski definition) is 4. The van der Waals surface area contributed by atoms with Crippen LogP contribution in [-0.4, -0.2) is 59.2 Å². The summed E-state index contributed by atoms with van der Waals surface area (Å²) in [6.07, 6.45) is 2.37. The Morgan fingerprint density at radius 2 is 2.00 bits per heavy atom. The van der Waals surface area contributed by atoms with E-state index >= 15 is 0 Å². The molecule has 1 aromatic rings. The fraction of sp³-hybridized carbons (Fsp3) is 0.632. The van der Waals surface area contributed by atoms with Gasteiger partial charge in [-0.3, -0.25) is 14.4 Å². The summed E-state index contributed by atoms with van der Waals surface area (Å²) < 4.78 is 0. The van der Waals surface area contributed by atoms with Gasteiger partial charge in [0.05, 0.1) is 17.8 Å². The average Bonchev–Trinajstić information content (AvgIpc) is 3.28. The zero-order valence-corrected chi connectivity index (χ0v) is 16.6. The van der Waals surface area contributed by atoms with Crippen LogP contribution >= 0.6 is 11.3 Å². The maximum atomic E-state index is 12.8. The van der Waals surface area contributed by atoms with Gasteiger partial charge in [-0.25, -0.2) is 0 Å². The Kier molecular flexibility index (Phi) is 5.37. The molecule has 1 aromatic heterocycles. The molecule has 26 heavy (non-hydrogen) atoms. The molecule has 3 heterocycles. The second kappa shape index (κ2) is 7.39. The fourth-order valence-corrected chi connectivity index (χ4v) is 4.88. The molecule has 6 nitrogen and oxygen atoms in total. The second-order valence-electron chi connectivity index (χ2n) is 7.31. The molecule has 7 heteroatoms. The number of likely N-dealkylation sites (tertiary alicyclic amines) is 1. The first kappa shape index (κ1) is 18.9. The lowest BCUT2D eigenvalue weighted by Gasteiger charge is -2.48. The minimum Gasteiger partial charge on any atom is -0.340 e. The van der Waals surface area contributed by atoms with Crippen molar-refractivity contribution in [2.24, 2.45) is 5.92 Å². The summed E-state index contributed by atoms with van der Waals surface area (Å²) in [5, 5.41) is 3.90. The maximum absolute atomic E-state index is 12.8. The molecule has 0 aliphatic carbocycles. The Labute approximate surface area is 158 Å². The summed E-state index contributed by atoms with van der Waals surface area (Å²) in [6, 6.07) is 1.93. The van der Waals surface area contributed by atoms with E-state index in [0.29, 0.717) is 26.1 Å². The lowest BCUT2D eigenvalue weighted by molar-refractivity contribution is -0.144. The van der Waals surface area contributed by atoms with Gasteiger partial charge in [0.25, 0.3) is 0 Å². The van der Waals surface area contributed by atoms with Crippen LogP contribution in [0.5, 0.6) is 0 Å². The predicted octanol–water partition coefficient (Wildman–Crippen LogP) is 2.35. The van der Waals surface area contributed by atoms with Crippen molar-refractivity contribution in [3.8, 4) is 0 Å². The maximum Gasteiger partial charge on any atom is 0.246 e. The largest absolute Gasteiger partial charge is 0.340 e. The number of rotatable bonds is 4. The van der Waals surface area contributed by atoms with Crippen molar-refractivity contribution in [1.82, 2.24) is 9.80 Å². The Morgan fingerprint density at radius 1 is 1.27 bits per heavy atom. The monoisotopic (exact) mass is 377 g/mol. The second-order valence-corrected chi connectivity index (χ2v) is 8.09. The fourth-order valence-electron chi connectivity index (χ4n) is 4.24. The van der Waals surface area contributed by atoms with Crippen molar-refractivity contribution in [3.05, 3.63) is 16.8 Å². The van der Waals surface area contributed by atoms with Crippen molar-refractivity contribution < 1.29 is 14.4 Å². The van der Waals surface area contributed by atoms with E-state index in [1.165, 1.54) is 6.92 Å². The molecule has 1 spiro atoms. The summed E-state index contributed by atoms with van der Waals surface area (Å²) in [7, 11) is 0. The van der Waals surface area contributed by atoms with Crippen LogP contribution in [0.4, 0.5) is 5.69 Å². The van der Waals surface area contributed by atoms with Crippen molar-refractivity contribution in [3.63, 3.8) is 0 Å². The van der Waals surface area contributed by atoms with Crippen molar-refractivity contribution in [1.29, 1.82) is 0 Å². The van der Waals surface area contributed by atoms with Gasteiger partial charge >= 0.3 is 0 Å². The summed E-state index contributed by atoms with van der Waals surface area (Å²) in [4.78, 5) is 43.1. The topological polar surface area (TPSA) is 60.9 Å². The first-order valence-electron chi connectivity index (χ1n) is 9.31. The van der Waals surface area contributed by atoms with E-state index in [2.05, 4.69) is 0 Å². The summed E-state index contributed by atoms with van der Waals surface area (Å²) in [5.41, 5.74) is 0.399. The van der Waals surface area contributed by atoms with Crippen molar-refractivity contribution in [2.75, 3.05) is 31.1 Å². The molecule has 0 N–H and O–H groups in total. The van der Waals surface area contributed by atoms with Crippen LogP contribution in [0, 0.1) is 5.92 Å². The molecule has 0 saturated carbocycles. The average molecular weight is 378 g/mol. The molecule has 0 unspecified atom stereocenters. The number of nitrogens with zero attached hydrogens (tertiary/aromatic N) is 3. The van der Waals surface area contributed by atoms with E-state index in [-0.39, 0.29) is 30.2 Å². The molecule has 3 amide bonds. The van der Waals surface area contributed by atoms with Gasteiger partial charge in [-0.05, 0) is 30.7 Å². The van der Waals surface area contributed by atoms with E-state index in [4.69, 9.17) is 0 Å². The van der Waals surface area contributed by atoms with Gasteiger partial charge in [-0.1, -0.05) is 13.8 Å². The van der Waals surface area contributed by atoms with Gasteiger partial charge in [0.15, 0.2) is 0 Å². The van der Waals surface area contributed by atoms with Crippen LogP contribution in [0.2, 0.25) is 0 Å². The van der Waals surface area contributed by atoms with Crippen LogP contribution in [0.15, 0.2) is 16.8 Å². The van der Waals surface area contributed by atoms with Gasteiger partial charge in [-0.15, -0.1) is 0 Å². The van der Waals surface area contributed by atoms with Crippen LogP contribution in [0.25, 0.3) is 0 Å². The highest BCUT2D eigenvalue weighted by Crippen LogP contribution is 2.36. The minimum atomic E-state index is -0.483. The highest BCUT2D eigenvalue weighted by atomic mass is 32.1. The Bertz CT molecular complexity index is 686. The van der Waals surface area contributed by atoms with Gasteiger partial charge in [0.2, 0.25) is 17.7 Å². The Balaban J connectivity index is 1.86. The third-order valence-electron chi connectivity index (χ3n) is 5.80. The number of amides is 3. The lowest BCUT2D eigenvalue weighted by Crippen LogP contribution is -2.67. The summed E-state index contributed by atoms with van der Waals surface area (Å²) >= 11 is 1.55. The van der Waals surface area contributed by atoms with E-state index < -0.39 is 5.54 Å². The van der Waals surface area contributed by atoms with E-state index in [0.717, 1.165) is 18.5 Å². The number of thiophene rings is 1. The highest BCUT2D eigenvalue weighted by molar-refractivity contribution is 7.08. The molecule has 2 aliphatic heterocycles. The Morgan fingerprint density at radius 3 is 2.58 bits per heavy atom. The number of piperazine rings is 1. The molecule has 2 fully saturated rings. The normalized spacial score (nSPS) is 23.4. The quantitative estimate of drug-likeness (QED) is 0.809. The standard InChI is InChI=1S/C19H27N3O3S/c1-4-15(5-2)18(25)20-8-7-19(12-20)13-21(16-6-9-26-11-16)17(24)10-22(19)14(3)23/h6,9,11,15H,4-5,7-8,10,12-13H2,1-3H3/t19-/m1/s1. The molecule has 0 radical (unpaired) electrons. The molecule has 1 atom stereocenters. The van der Waals surface area contributed by atoms with E-state index in [1.807, 2.05) is 35.6 Å².